The number of ether oxygens (including phenoxy) is 1. The number of nitrogens with one attached hydrogen (secondary N) is 1. The topological polar surface area (TPSA) is 47.3 Å². The monoisotopic (exact) mass is 276 g/mol. The van der Waals surface area contributed by atoms with E-state index in [2.05, 4.69) is 49.6 Å². The summed E-state index contributed by atoms with van der Waals surface area (Å²) in [7, 11) is 0. The minimum atomic E-state index is 0.114. The Hall–Kier alpha value is -0.900. The first-order chi connectivity index (χ1) is 9.69. The highest BCUT2D eigenvalue weighted by molar-refractivity contribution is 5.28. The van der Waals surface area contributed by atoms with Gasteiger partial charge in [0, 0.05) is 24.7 Å². The summed E-state index contributed by atoms with van der Waals surface area (Å²) in [5.74, 6) is 6.63. The molecule has 3 nitrogen and oxygen atoms in total. The van der Waals surface area contributed by atoms with Gasteiger partial charge in [-0.2, -0.15) is 0 Å². The highest BCUT2D eigenvalue weighted by Gasteiger charge is 2.41. The van der Waals surface area contributed by atoms with Gasteiger partial charge in [-0.3, -0.25) is 11.3 Å². The molecule has 20 heavy (non-hydrogen) atoms. The van der Waals surface area contributed by atoms with Crippen molar-refractivity contribution < 1.29 is 4.74 Å². The second kappa shape index (κ2) is 7.21. The van der Waals surface area contributed by atoms with Gasteiger partial charge in [0.1, 0.15) is 0 Å². The largest absolute Gasteiger partial charge is 0.381 e. The van der Waals surface area contributed by atoms with Gasteiger partial charge in [0.2, 0.25) is 0 Å². The van der Waals surface area contributed by atoms with Crippen molar-refractivity contribution in [3.05, 3.63) is 35.9 Å². The molecule has 2 rings (SSSR count). The molecule has 0 radical (unpaired) electrons. The molecule has 112 valence electrons. The molecule has 0 spiro atoms. The molecule has 1 heterocycles. The molecule has 1 aromatic carbocycles. The van der Waals surface area contributed by atoms with Gasteiger partial charge in [0.05, 0.1) is 0 Å². The van der Waals surface area contributed by atoms with Crippen LogP contribution in [0.3, 0.4) is 0 Å². The van der Waals surface area contributed by atoms with E-state index in [1.165, 1.54) is 12.0 Å². The molecule has 0 amide bonds. The van der Waals surface area contributed by atoms with E-state index in [1.807, 2.05) is 0 Å². The molecule has 1 unspecified atom stereocenters. The van der Waals surface area contributed by atoms with E-state index in [-0.39, 0.29) is 5.41 Å². The van der Waals surface area contributed by atoms with Crippen LogP contribution in [0, 0.1) is 5.92 Å². The Labute approximate surface area is 122 Å². The molecule has 0 saturated carbocycles. The van der Waals surface area contributed by atoms with Crippen molar-refractivity contribution in [3.8, 4) is 0 Å². The maximum atomic E-state index is 5.92. The highest BCUT2D eigenvalue weighted by atomic mass is 16.5. The van der Waals surface area contributed by atoms with Crippen molar-refractivity contribution in [1.82, 2.24) is 5.43 Å². The Morgan fingerprint density at radius 2 is 1.80 bits per heavy atom. The summed E-state index contributed by atoms with van der Waals surface area (Å²) < 4.78 is 5.60. The van der Waals surface area contributed by atoms with E-state index in [4.69, 9.17) is 10.6 Å². The van der Waals surface area contributed by atoms with Gasteiger partial charge >= 0.3 is 0 Å². The van der Waals surface area contributed by atoms with Gasteiger partial charge in [-0.05, 0) is 37.2 Å². The standard InChI is InChI=1S/C17H28N2O/c1-14(2)8-9-16(19-18)17(10-12-20-13-11-17)15-6-4-3-5-7-15/h3-7,14,16,19H,8-13,18H2,1-2H3. The zero-order chi connectivity index (χ0) is 14.4. The molecule has 0 aliphatic carbocycles. The van der Waals surface area contributed by atoms with E-state index in [1.54, 1.807) is 0 Å². The van der Waals surface area contributed by atoms with Crippen molar-refractivity contribution in [2.75, 3.05) is 13.2 Å². The van der Waals surface area contributed by atoms with Crippen LogP contribution in [0.5, 0.6) is 0 Å². The van der Waals surface area contributed by atoms with Crippen molar-refractivity contribution in [1.29, 1.82) is 0 Å². The molecule has 1 atom stereocenters. The maximum absolute atomic E-state index is 5.92. The van der Waals surface area contributed by atoms with Crippen LogP contribution in [0.1, 0.15) is 45.1 Å². The van der Waals surface area contributed by atoms with E-state index in [0.717, 1.165) is 32.5 Å². The van der Waals surface area contributed by atoms with Crippen LogP contribution in [0.25, 0.3) is 0 Å². The predicted molar refractivity (Wildman–Crippen MR) is 83.4 cm³/mol. The third kappa shape index (κ3) is 3.40. The molecule has 1 aliphatic rings. The average molecular weight is 276 g/mol. The first-order valence-electron chi connectivity index (χ1n) is 7.78. The maximum Gasteiger partial charge on any atom is 0.0475 e. The number of hydrazine groups is 1. The predicted octanol–water partition coefficient (Wildman–Crippen LogP) is 3.00. The minimum Gasteiger partial charge on any atom is -0.381 e. The van der Waals surface area contributed by atoms with Gasteiger partial charge in [-0.1, -0.05) is 44.2 Å². The Balaban J connectivity index is 2.25. The third-order valence-electron chi connectivity index (χ3n) is 4.63. The fourth-order valence-electron chi connectivity index (χ4n) is 3.36. The smallest absolute Gasteiger partial charge is 0.0475 e. The Morgan fingerprint density at radius 1 is 1.15 bits per heavy atom. The second-order valence-electron chi connectivity index (χ2n) is 6.32. The molecule has 1 aromatic rings. The van der Waals surface area contributed by atoms with Crippen molar-refractivity contribution in [3.63, 3.8) is 0 Å². The summed E-state index contributed by atoms with van der Waals surface area (Å²) in [6.45, 7) is 6.20. The molecule has 3 N–H and O–H groups in total. The van der Waals surface area contributed by atoms with Gasteiger partial charge in [-0.15, -0.1) is 0 Å². The molecule has 0 bridgehead atoms. The number of benzene rings is 1. The fourth-order valence-corrected chi connectivity index (χ4v) is 3.36. The van der Waals surface area contributed by atoms with E-state index in [9.17, 15) is 0 Å². The van der Waals surface area contributed by atoms with Crippen LogP contribution >= 0.6 is 0 Å². The SMILES string of the molecule is CC(C)CCC(NN)C1(c2ccccc2)CCOCC1. The number of hydrogen-bond donors (Lipinski definition) is 2. The quantitative estimate of drug-likeness (QED) is 0.620. The van der Waals surface area contributed by atoms with Crippen LogP contribution in [0.15, 0.2) is 30.3 Å². The normalized spacial score (nSPS) is 20.0. The summed E-state index contributed by atoms with van der Waals surface area (Å²) in [6.07, 6.45) is 4.40. The van der Waals surface area contributed by atoms with Gasteiger partial charge < -0.3 is 4.74 Å². The first-order valence-corrected chi connectivity index (χ1v) is 7.78. The van der Waals surface area contributed by atoms with E-state index in [0.29, 0.717) is 12.0 Å². The van der Waals surface area contributed by atoms with E-state index < -0.39 is 0 Å². The summed E-state index contributed by atoms with van der Waals surface area (Å²) in [5, 5.41) is 0. The van der Waals surface area contributed by atoms with Gasteiger partial charge in [0.25, 0.3) is 0 Å². The highest BCUT2D eigenvalue weighted by Crippen LogP contribution is 2.39. The number of nitrogens with two attached hydrogens (primary N) is 1. The summed E-state index contributed by atoms with van der Waals surface area (Å²) in [6, 6.07) is 11.1. The molecule has 1 saturated heterocycles. The lowest BCUT2D eigenvalue weighted by molar-refractivity contribution is 0.0321. The number of hydrogen-bond acceptors (Lipinski definition) is 3. The molecule has 0 aromatic heterocycles. The third-order valence-corrected chi connectivity index (χ3v) is 4.63. The summed E-state index contributed by atoms with van der Waals surface area (Å²) in [5.41, 5.74) is 4.62. The van der Waals surface area contributed by atoms with Crippen molar-refractivity contribution in [2.24, 2.45) is 11.8 Å². The molecular formula is C17H28N2O. The Kier molecular flexibility index (Phi) is 5.58. The van der Waals surface area contributed by atoms with Gasteiger partial charge in [0.15, 0.2) is 0 Å². The zero-order valence-corrected chi connectivity index (χ0v) is 12.8. The Bertz CT molecular complexity index is 385. The lowest BCUT2D eigenvalue weighted by Gasteiger charge is -2.44. The van der Waals surface area contributed by atoms with Crippen LogP contribution < -0.4 is 11.3 Å². The van der Waals surface area contributed by atoms with Crippen LogP contribution in [0.4, 0.5) is 0 Å². The van der Waals surface area contributed by atoms with Crippen LogP contribution in [-0.4, -0.2) is 19.3 Å². The first kappa shape index (κ1) is 15.5. The molecule has 1 fully saturated rings. The van der Waals surface area contributed by atoms with Crippen molar-refractivity contribution in [2.45, 2.75) is 51.0 Å². The van der Waals surface area contributed by atoms with Crippen LogP contribution in [0.2, 0.25) is 0 Å². The average Bonchev–Trinajstić information content (AvgIpc) is 2.49. The zero-order valence-electron chi connectivity index (χ0n) is 12.8. The molecular weight excluding hydrogens is 248 g/mol. The lowest BCUT2D eigenvalue weighted by atomic mass is 9.67. The van der Waals surface area contributed by atoms with Crippen molar-refractivity contribution >= 4 is 0 Å². The van der Waals surface area contributed by atoms with Crippen LogP contribution in [-0.2, 0) is 10.2 Å². The number of rotatable bonds is 6. The molecule has 3 heteroatoms. The van der Waals surface area contributed by atoms with Gasteiger partial charge in [-0.25, -0.2) is 0 Å². The lowest BCUT2D eigenvalue weighted by Crippen LogP contribution is -2.53. The van der Waals surface area contributed by atoms with E-state index >= 15 is 0 Å². The fraction of sp³-hybridized carbons (Fsp3) is 0.647. The molecule has 1 aliphatic heterocycles. The summed E-state index contributed by atoms with van der Waals surface area (Å²) >= 11 is 0. The second-order valence-corrected chi connectivity index (χ2v) is 6.32. The minimum absolute atomic E-state index is 0.114. The Morgan fingerprint density at radius 3 is 2.35 bits per heavy atom. The summed E-state index contributed by atoms with van der Waals surface area (Å²) in [4.78, 5) is 0.